The van der Waals surface area contributed by atoms with E-state index in [0.717, 1.165) is 5.69 Å². The van der Waals surface area contributed by atoms with Crippen LogP contribution in [0.2, 0.25) is 0 Å². The minimum atomic E-state index is -0.829. The van der Waals surface area contributed by atoms with Crippen LogP contribution in [0.4, 0.5) is 10.5 Å². The normalized spacial score (nSPS) is 18.6. The fraction of sp³-hybridized carbons (Fsp3) is 0.545. The molecule has 17 heavy (non-hydrogen) atoms. The summed E-state index contributed by atoms with van der Waals surface area (Å²) in [7, 11) is 0. The summed E-state index contributed by atoms with van der Waals surface area (Å²) < 4.78 is 5.17. The Kier molecular flexibility index (Phi) is 3.98. The van der Waals surface area contributed by atoms with Crippen molar-refractivity contribution in [2.75, 3.05) is 25.1 Å². The van der Waals surface area contributed by atoms with E-state index in [-0.39, 0.29) is 12.6 Å². The van der Waals surface area contributed by atoms with Crippen molar-refractivity contribution in [3.8, 4) is 0 Å². The molecule has 5 nitrogen and oxygen atoms in total. The molecule has 1 fully saturated rings. The van der Waals surface area contributed by atoms with Crippen LogP contribution in [-0.2, 0) is 4.74 Å². The number of ether oxygens (including phenoxy) is 1. The van der Waals surface area contributed by atoms with E-state index in [2.05, 4.69) is 10.6 Å². The van der Waals surface area contributed by atoms with Crippen LogP contribution in [0.5, 0.6) is 0 Å². The van der Waals surface area contributed by atoms with E-state index >= 15 is 0 Å². The van der Waals surface area contributed by atoms with Gasteiger partial charge in [-0.15, -0.1) is 0 Å². The average Bonchev–Trinajstić information content (AvgIpc) is 2.80. The van der Waals surface area contributed by atoms with Gasteiger partial charge in [-0.2, -0.15) is 11.3 Å². The third-order valence-electron chi connectivity index (χ3n) is 2.78. The average molecular weight is 256 g/mol. The lowest BCUT2D eigenvalue weighted by atomic mass is 9.94. The molecule has 0 bridgehead atoms. The largest absolute Gasteiger partial charge is 0.388 e. The molecule has 0 aliphatic carbocycles. The number of aliphatic hydroxyl groups is 1. The first-order chi connectivity index (χ1) is 8.18. The van der Waals surface area contributed by atoms with E-state index in [1.54, 1.807) is 0 Å². The predicted octanol–water partition coefficient (Wildman–Crippen LogP) is 1.41. The Morgan fingerprint density at radius 1 is 1.53 bits per heavy atom. The molecule has 1 aromatic heterocycles. The quantitative estimate of drug-likeness (QED) is 0.766. The Bertz CT molecular complexity index is 361. The molecular formula is C11H16N2O3S. The van der Waals surface area contributed by atoms with Crippen LogP contribution >= 0.6 is 11.3 Å². The van der Waals surface area contributed by atoms with Gasteiger partial charge < -0.3 is 20.5 Å². The molecule has 1 aromatic rings. The number of hydrogen-bond donors (Lipinski definition) is 3. The van der Waals surface area contributed by atoms with Crippen molar-refractivity contribution in [1.82, 2.24) is 5.32 Å². The number of carbonyl (C=O) groups is 1. The maximum absolute atomic E-state index is 11.5. The van der Waals surface area contributed by atoms with Gasteiger partial charge in [0.15, 0.2) is 0 Å². The molecule has 6 heteroatoms. The molecule has 0 aromatic carbocycles. The molecule has 0 saturated carbocycles. The highest BCUT2D eigenvalue weighted by atomic mass is 32.1. The first kappa shape index (κ1) is 12.3. The van der Waals surface area contributed by atoms with Crippen LogP contribution in [0.1, 0.15) is 12.8 Å². The number of nitrogens with one attached hydrogen (secondary N) is 2. The number of hydrogen-bond acceptors (Lipinski definition) is 4. The third-order valence-corrected chi connectivity index (χ3v) is 3.46. The lowest BCUT2D eigenvalue weighted by molar-refractivity contribution is -0.0598. The Morgan fingerprint density at radius 3 is 2.94 bits per heavy atom. The number of thiophene rings is 1. The van der Waals surface area contributed by atoms with E-state index in [4.69, 9.17) is 4.74 Å². The zero-order chi connectivity index (χ0) is 12.1. The molecule has 0 unspecified atom stereocenters. The minimum Gasteiger partial charge on any atom is -0.388 e. The second-order valence-electron chi connectivity index (χ2n) is 4.16. The molecule has 1 aliphatic heterocycles. The Hall–Kier alpha value is -1.11. The molecule has 0 spiro atoms. The Morgan fingerprint density at radius 2 is 2.29 bits per heavy atom. The number of urea groups is 1. The standard InChI is InChI=1S/C11H16N2O3S/c14-10(13-9-1-6-17-7-9)12-8-11(15)2-4-16-5-3-11/h1,6-7,15H,2-5,8H2,(H2,12,13,14). The smallest absolute Gasteiger partial charge is 0.319 e. The molecule has 2 rings (SSSR count). The lowest BCUT2D eigenvalue weighted by Crippen LogP contribution is -2.47. The minimum absolute atomic E-state index is 0.256. The molecule has 2 heterocycles. The van der Waals surface area contributed by atoms with Crippen LogP contribution in [0, 0.1) is 0 Å². The van der Waals surface area contributed by atoms with Crippen molar-refractivity contribution >= 4 is 23.1 Å². The fourth-order valence-electron chi connectivity index (χ4n) is 1.68. The van der Waals surface area contributed by atoms with Gasteiger partial charge in [-0.25, -0.2) is 4.79 Å². The third kappa shape index (κ3) is 3.69. The molecule has 3 N–H and O–H groups in total. The van der Waals surface area contributed by atoms with Gasteiger partial charge in [0.2, 0.25) is 0 Å². The summed E-state index contributed by atoms with van der Waals surface area (Å²) in [6.07, 6.45) is 1.12. The Labute approximate surface area is 104 Å². The van der Waals surface area contributed by atoms with Crippen LogP contribution in [0.15, 0.2) is 16.8 Å². The summed E-state index contributed by atoms with van der Waals surface area (Å²) in [5.74, 6) is 0. The van der Waals surface area contributed by atoms with Gasteiger partial charge in [0.05, 0.1) is 11.3 Å². The monoisotopic (exact) mass is 256 g/mol. The molecule has 94 valence electrons. The first-order valence-corrected chi connectivity index (χ1v) is 6.49. The second kappa shape index (κ2) is 5.48. The predicted molar refractivity (Wildman–Crippen MR) is 66.3 cm³/mol. The van der Waals surface area contributed by atoms with E-state index in [0.29, 0.717) is 26.1 Å². The van der Waals surface area contributed by atoms with Crippen molar-refractivity contribution in [3.63, 3.8) is 0 Å². The van der Waals surface area contributed by atoms with Gasteiger partial charge >= 0.3 is 6.03 Å². The topological polar surface area (TPSA) is 70.6 Å². The van der Waals surface area contributed by atoms with Gasteiger partial charge in [-0.1, -0.05) is 0 Å². The summed E-state index contributed by atoms with van der Waals surface area (Å²) in [5.41, 5.74) is -0.0593. The lowest BCUT2D eigenvalue weighted by Gasteiger charge is -2.31. The highest BCUT2D eigenvalue weighted by Crippen LogP contribution is 2.19. The summed E-state index contributed by atoms with van der Waals surface area (Å²) in [5, 5.41) is 19.2. The van der Waals surface area contributed by atoms with Crippen molar-refractivity contribution in [2.24, 2.45) is 0 Å². The fourth-order valence-corrected chi connectivity index (χ4v) is 2.27. The maximum Gasteiger partial charge on any atom is 0.319 e. The highest BCUT2D eigenvalue weighted by Gasteiger charge is 2.30. The van der Waals surface area contributed by atoms with Crippen LogP contribution < -0.4 is 10.6 Å². The summed E-state index contributed by atoms with van der Waals surface area (Å²) in [6.45, 7) is 1.35. The van der Waals surface area contributed by atoms with Gasteiger partial charge in [0, 0.05) is 38.0 Å². The van der Waals surface area contributed by atoms with Gasteiger partial charge in [0.1, 0.15) is 0 Å². The number of amides is 2. The molecule has 1 aliphatic rings. The number of carbonyl (C=O) groups excluding carboxylic acids is 1. The zero-order valence-corrected chi connectivity index (χ0v) is 10.3. The molecule has 2 amide bonds. The van der Waals surface area contributed by atoms with E-state index in [1.165, 1.54) is 11.3 Å². The van der Waals surface area contributed by atoms with E-state index < -0.39 is 5.60 Å². The van der Waals surface area contributed by atoms with E-state index in [9.17, 15) is 9.90 Å². The molecule has 0 radical (unpaired) electrons. The van der Waals surface area contributed by atoms with E-state index in [1.807, 2.05) is 16.8 Å². The number of rotatable bonds is 3. The van der Waals surface area contributed by atoms with Crippen LogP contribution in [0.3, 0.4) is 0 Å². The van der Waals surface area contributed by atoms with Crippen molar-refractivity contribution in [1.29, 1.82) is 0 Å². The highest BCUT2D eigenvalue weighted by molar-refractivity contribution is 7.08. The SMILES string of the molecule is O=C(NCC1(O)CCOCC1)Nc1ccsc1. The van der Waals surface area contributed by atoms with Gasteiger partial charge in [0.25, 0.3) is 0 Å². The summed E-state index contributed by atoms with van der Waals surface area (Å²) in [4.78, 5) is 11.5. The van der Waals surface area contributed by atoms with Crippen molar-refractivity contribution in [2.45, 2.75) is 18.4 Å². The van der Waals surface area contributed by atoms with Crippen LogP contribution in [-0.4, -0.2) is 36.5 Å². The maximum atomic E-state index is 11.5. The molecular weight excluding hydrogens is 240 g/mol. The van der Waals surface area contributed by atoms with Crippen molar-refractivity contribution < 1.29 is 14.6 Å². The summed E-state index contributed by atoms with van der Waals surface area (Å²) in [6, 6.07) is 1.54. The number of anilines is 1. The van der Waals surface area contributed by atoms with Gasteiger partial charge in [-0.05, 0) is 11.4 Å². The van der Waals surface area contributed by atoms with Gasteiger partial charge in [-0.3, -0.25) is 0 Å². The zero-order valence-electron chi connectivity index (χ0n) is 9.44. The molecule has 1 saturated heterocycles. The second-order valence-corrected chi connectivity index (χ2v) is 4.94. The first-order valence-electron chi connectivity index (χ1n) is 5.55. The summed E-state index contributed by atoms with van der Waals surface area (Å²) >= 11 is 1.52. The van der Waals surface area contributed by atoms with Crippen LogP contribution in [0.25, 0.3) is 0 Å². The Balaban J connectivity index is 1.75. The molecule has 0 atom stereocenters. The van der Waals surface area contributed by atoms with Crippen molar-refractivity contribution in [3.05, 3.63) is 16.8 Å².